The van der Waals surface area contributed by atoms with E-state index < -0.39 is 0 Å². The molecule has 22 heavy (non-hydrogen) atoms. The molecule has 3 rings (SSSR count). The third kappa shape index (κ3) is 3.32. The zero-order chi connectivity index (χ0) is 15.4. The number of hydrogen-bond donors (Lipinski definition) is 0. The smallest absolute Gasteiger partial charge is 0.226 e. The minimum Gasteiger partial charge on any atom is -0.339 e. The summed E-state index contributed by atoms with van der Waals surface area (Å²) >= 11 is 0. The number of hydrogen-bond acceptors (Lipinski definition) is 5. The van der Waals surface area contributed by atoms with Gasteiger partial charge in [0.25, 0.3) is 0 Å². The minimum atomic E-state index is 0.196. The molecule has 2 aromatic heterocycles. The molecule has 6 nitrogen and oxygen atoms in total. The molecule has 6 heteroatoms. The van der Waals surface area contributed by atoms with Gasteiger partial charge in [-0.05, 0) is 43.9 Å². The van der Waals surface area contributed by atoms with Crippen molar-refractivity contribution >= 4 is 5.91 Å². The van der Waals surface area contributed by atoms with E-state index in [1.165, 1.54) is 5.56 Å². The number of carbonyl (C=O) groups is 1. The van der Waals surface area contributed by atoms with Gasteiger partial charge in [0.15, 0.2) is 5.82 Å². The Kier molecular flexibility index (Phi) is 4.46. The molecule has 0 radical (unpaired) electrons. The Bertz CT molecular complexity index is 626. The Labute approximate surface area is 129 Å². The van der Waals surface area contributed by atoms with Gasteiger partial charge in [-0.15, -0.1) is 0 Å². The summed E-state index contributed by atoms with van der Waals surface area (Å²) in [6, 6.07) is 4.19. The van der Waals surface area contributed by atoms with Gasteiger partial charge in [0.05, 0.1) is 6.04 Å². The number of carbonyl (C=O) groups excluding carboxylic acids is 1. The van der Waals surface area contributed by atoms with Crippen molar-refractivity contribution in [2.24, 2.45) is 0 Å². The van der Waals surface area contributed by atoms with Crippen molar-refractivity contribution in [3.63, 3.8) is 0 Å². The van der Waals surface area contributed by atoms with Crippen LogP contribution in [0.15, 0.2) is 29.0 Å². The number of nitrogens with zero attached hydrogens (tertiary/aromatic N) is 4. The Morgan fingerprint density at radius 3 is 2.95 bits per heavy atom. The number of amides is 1. The van der Waals surface area contributed by atoms with E-state index in [0.29, 0.717) is 24.6 Å². The van der Waals surface area contributed by atoms with Crippen molar-refractivity contribution in [3.8, 4) is 0 Å². The lowest BCUT2D eigenvalue weighted by Gasteiger charge is -2.25. The molecule has 1 saturated heterocycles. The number of pyridine rings is 1. The van der Waals surface area contributed by atoms with Crippen molar-refractivity contribution in [1.82, 2.24) is 20.0 Å². The highest BCUT2D eigenvalue weighted by Crippen LogP contribution is 2.32. The highest BCUT2D eigenvalue weighted by molar-refractivity contribution is 5.77. The van der Waals surface area contributed by atoms with E-state index >= 15 is 0 Å². The van der Waals surface area contributed by atoms with E-state index in [-0.39, 0.29) is 11.9 Å². The predicted octanol–water partition coefficient (Wildman–Crippen LogP) is 2.46. The lowest BCUT2D eigenvalue weighted by atomic mass is 10.1. The van der Waals surface area contributed by atoms with E-state index in [2.05, 4.69) is 15.1 Å². The fourth-order valence-corrected chi connectivity index (χ4v) is 2.97. The maximum atomic E-state index is 12.5. The van der Waals surface area contributed by atoms with Gasteiger partial charge in [-0.25, -0.2) is 0 Å². The van der Waals surface area contributed by atoms with Gasteiger partial charge in [0.1, 0.15) is 0 Å². The zero-order valence-electron chi connectivity index (χ0n) is 12.7. The lowest BCUT2D eigenvalue weighted by molar-refractivity contribution is -0.132. The van der Waals surface area contributed by atoms with Crippen LogP contribution in [0.25, 0.3) is 0 Å². The van der Waals surface area contributed by atoms with Crippen LogP contribution < -0.4 is 0 Å². The lowest BCUT2D eigenvalue weighted by Crippen LogP contribution is -2.30. The van der Waals surface area contributed by atoms with Crippen molar-refractivity contribution in [1.29, 1.82) is 0 Å². The molecule has 0 N–H and O–H groups in total. The van der Waals surface area contributed by atoms with Crippen molar-refractivity contribution < 1.29 is 9.32 Å². The van der Waals surface area contributed by atoms with E-state index in [1.54, 1.807) is 19.3 Å². The van der Waals surface area contributed by atoms with Gasteiger partial charge >= 0.3 is 0 Å². The third-order valence-corrected chi connectivity index (χ3v) is 4.01. The summed E-state index contributed by atoms with van der Waals surface area (Å²) in [6.45, 7) is 2.63. The molecule has 1 atom stereocenters. The highest BCUT2D eigenvalue weighted by atomic mass is 16.5. The van der Waals surface area contributed by atoms with Crippen LogP contribution in [0.5, 0.6) is 0 Å². The zero-order valence-corrected chi connectivity index (χ0v) is 12.7. The van der Waals surface area contributed by atoms with Gasteiger partial charge in [-0.1, -0.05) is 5.16 Å². The summed E-state index contributed by atoms with van der Waals surface area (Å²) < 4.78 is 5.07. The molecule has 1 fully saturated rings. The van der Waals surface area contributed by atoms with E-state index in [1.807, 2.05) is 17.0 Å². The Morgan fingerprint density at radius 2 is 2.23 bits per heavy atom. The minimum absolute atomic E-state index is 0.196. The first kappa shape index (κ1) is 14.7. The van der Waals surface area contributed by atoms with Gasteiger partial charge < -0.3 is 9.42 Å². The summed E-state index contributed by atoms with van der Waals surface area (Å²) in [5, 5.41) is 3.76. The number of aromatic nitrogens is 3. The average molecular weight is 300 g/mol. The molecule has 2 aromatic rings. The summed E-state index contributed by atoms with van der Waals surface area (Å²) in [5.74, 6) is 1.45. The maximum absolute atomic E-state index is 12.5. The predicted molar refractivity (Wildman–Crippen MR) is 79.9 cm³/mol. The summed E-state index contributed by atoms with van der Waals surface area (Å²) in [7, 11) is 0. The Balaban J connectivity index is 1.55. The van der Waals surface area contributed by atoms with E-state index in [9.17, 15) is 4.79 Å². The van der Waals surface area contributed by atoms with Crippen LogP contribution in [0, 0.1) is 6.92 Å². The molecule has 1 aliphatic heterocycles. The summed E-state index contributed by atoms with van der Waals surface area (Å²) in [5.41, 5.74) is 1.17. The Morgan fingerprint density at radius 1 is 1.41 bits per heavy atom. The molecule has 3 heterocycles. The largest absolute Gasteiger partial charge is 0.339 e. The normalized spacial score (nSPS) is 17.9. The SMILES string of the molecule is Cc1noc(CCCC(=O)N2CCC[C@H]2c2ccncc2)n1. The van der Waals surface area contributed by atoms with Crippen LogP contribution in [0.1, 0.15) is 49.0 Å². The first-order chi connectivity index (χ1) is 10.7. The molecule has 0 aromatic carbocycles. The van der Waals surface area contributed by atoms with Crippen molar-refractivity contribution in [2.45, 2.75) is 45.1 Å². The molecule has 1 aliphatic rings. The van der Waals surface area contributed by atoms with Gasteiger partial charge in [-0.2, -0.15) is 4.98 Å². The standard InChI is InChI=1S/C16H20N4O2/c1-12-18-15(22-19-12)5-2-6-16(21)20-11-3-4-14(20)13-7-9-17-10-8-13/h7-10,14H,2-6,11H2,1H3/t14-/m0/s1. The molecule has 0 bridgehead atoms. The first-order valence-corrected chi connectivity index (χ1v) is 7.72. The van der Waals surface area contributed by atoms with Crippen molar-refractivity contribution in [2.75, 3.05) is 6.54 Å². The summed E-state index contributed by atoms with van der Waals surface area (Å²) in [6.07, 6.45) is 7.56. The van der Waals surface area contributed by atoms with Crippen LogP contribution in [-0.2, 0) is 11.2 Å². The fraction of sp³-hybridized carbons (Fsp3) is 0.500. The monoisotopic (exact) mass is 300 g/mol. The van der Waals surface area contributed by atoms with Crippen LogP contribution >= 0.6 is 0 Å². The van der Waals surface area contributed by atoms with Gasteiger partial charge in [0, 0.05) is 31.8 Å². The van der Waals surface area contributed by atoms with Crippen LogP contribution in [0.3, 0.4) is 0 Å². The Hall–Kier alpha value is -2.24. The molecular weight excluding hydrogens is 280 g/mol. The first-order valence-electron chi connectivity index (χ1n) is 7.72. The van der Waals surface area contributed by atoms with Gasteiger partial charge in [-0.3, -0.25) is 9.78 Å². The molecule has 0 unspecified atom stereocenters. The van der Waals surface area contributed by atoms with Gasteiger partial charge in [0.2, 0.25) is 11.8 Å². The van der Waals surface area contributed by atoms with Crippen LogP contribution in [0.4, 0.5) is 0 Å². The number of aryl methyl sites for hydroxylation is 2. The van der Waals surface area contributed by atoms with E-state index in [4.69, 9.17) is 4.52 Å². The van der Waals surface area contributed by atoms with Crippen LogP contribution in [0.2, 0.25) is 0 Å². The van der Waals surface area contributed by atoms with E-state index in [0.717, 1.165) is 25.8 Å². The molecule has 0 aliphatic carbocycles. The molecule has 0 saturated carbocycles. The van der Waals surface area contributed by atoms with Crippen molar-refractivity contribution in [3.05, 3.63) is 41.8 Å². The molecule has 1 amide bonds. The topological polar surface area (TPSA) is 72.1 Å². The molecular formula is C16H20N4O2. The quantitative estimate of drug-likeness (QED) is 0.848. The number of likely N-dealkylation sites (tertiary alicyclic amines) is 1. The number of rotatable bonds is 5. The second kappa shape index (κ2) is 6.68. The van der Waals surface area contributed by atoms with Crippen LogP contribution in [-0.4, -0.2) is 32.5 Å². The fourth-order valence-electron chi connectivity index (χ4n) is 2.97. The maximum Gasteiger partial charge on any atom is 0.226 e. The second-order valence-electron chi connectivity index (χ2n) is 5.61. The molecule has 116 valence electrons. The second-order valence-corrected chi connectivity index (χ2v) is 5.61. The molecule has 0 spiro atoms. The highest BCUT2D eigenvalue weighted by Gasteiger charge is 2.29. The average Bonchev–Trinajstić information content (AvgIpc) is 3.17. The third-order valence-electron chi connectivity index (χ3n) is 4.01. The summed E-state index contributed by atoms with van der Waals surface area (Å²) in [4.78, 5) is 22.7.